The molecule has 8 nitrogen and oxygen atoms in total. The van der Waals surface area contributed by atoms with Gasteiger partial charge in [-0.3, -0.25) is 19.2 Å². The number of ether oxygens (including phenoxy) is 1. The van der Waals surface area contributed by atoms with Gasteiger partial charge in [-0.15, -0.1) is 0 Å². The van der Waals surface area contributed by atoms with Crippen molar-refractivity contribution >= 4 is 58.8 Å². The van der Waals surface area contributed by atoms with Gasteiger partial charge in [-0.1, -0.05) is 139 Å². The molecule has 0 atom stereocenters. The molecule has 3 N–H and O–H groups in total. The molecule has 0 heterocycles. The highest BCUT2D eigenvalue weighted by molar-refractivity contribution is 8.00. The van der Waals surface area contributed by atoms with Gasteiger partial charge in [0, 0.05) is 64.7 Å². The number of rotatable bonds is 19. The number of hydrogen-bond donors (Lipinski definition) is 3. The van der Waals surface area contributed by atoms with E-state index in [1.54, 1.807) is 60.3 Å². The molecule has 0 aliphatic heterocycles. The minimum atomic E-state index is -0.142. The number of ketones is 1. The maximum atomic E-state index is 12.5. The molecule has 0 saturated carbocycles. The summed E-state index contributed by atoms with van der Waals surface area (Å²) in [6.07, 6.45) is 0.857. The molecular weight excluding hydrogens is 891 g/mol. The number of benzene rings is 6. The first-order chi connectivity index (χ1) is 32.4. The first-order valence-electron chi connectivity index (χ1n) is 22.8. The lowest BCUT2D eigenvalue weighted by Gasteiger charge is -2.10. The lowest BCUT2D eigenvalue weighted by atomic mass is 10.0. The Hall–Kier alpha value is -5.75. The van der Waals surface area contributed by atoms with E-state index in [4.69, 9.17) is 4.74 Å². The third kappa shape index (κ3) is 17.4. The van der Waals surface area contributed by atoms with Crippen LogP contribution >= 0.6 is 35.3 Å². The number of thioether (sulfide) groups is 3. The van der Waals surface area contributed by atoms with Crippen molar-refractivity contribution in [3.8, 4) is 22.6 Å². The molecule has 1 aliphatic rings. The predicted octanol–water partition coefficient (Wildman–Crippen LogP) is 12.3. The molecular formula is C56H63N3O5S3. The lowest BCUT2D eigenvalue weighted by molar-refractivity contribution is 0.0947. The van der Waals surface area contributed by atoms with Gasteiger partial charge in [0.25, 0.3) is 17.7 Å². The Morgan fingerprint density at radius 1 is 0.463 bits per heavy atom. The van der Waals surface area contributed by atoms with Crippen molar-refractivity contribution in [1.82, 2.24) is 16.0 Å². The molecule has 67 heavy (non-hydrogen) atoms. The third-order valence-electron chi connectivity index (χ3n) is 10.1. The molecule has 0 bridgehead atoms. The van der Waals surface area contributed by atoms with Crippen molar-refractivity contribution in [1.29, 1.82) is 0 Å². The second-order valence-corrected chi connectivity index (χ2v) is 21.5. The smallest absolute Gasteiger partial charge is 0.251 e. The molecule has 11 heteroatoms. The van der Waals surface area contributed by atoms with Crippen molar-refractivity contribution < 1.29 is 23.9 Å². The molecule has 0 aromatic heterocycles. The summed E-state index contributed by atoms with van der Waals surface area (Å²) in [4.78, 5) is 49.1. The zero-order valence-corrected chi connectivity index (χ0v) is 41.8. The molecule has 0 saturated heterocycles. The molecule has 6 aromatic rings. The number of fused-ring (bicyclic) bond motifs is 3. The summed E-state index contributed by atoms with van der Waals surface area (Å²) in [5.74, 6) is 4.06. The van der Waals surface area contributed by atoms with Crippen molar-refractivity contribution in [2.75, 3.05) is 36.9 Å². The normalized spacial score (nSPS) is 11.1. The van der Waals surface area contributed by atoms with Gasteiger partial charge in [-0.25, -0.2) is 0 Å². The molecule has 0 fully saturated rings. The highest BCUT2D eigenvalue weighted by Gasteiger charge is 2.23. The fraction of sp³-hybridized carbons (Fsp3) is 0.286. The van der Waals surface area contributed by atoms with E-state index in [1.807, 2.05) is 96.3 Å². The Labute approximate surface area is 410 Å². The quantitative estimate of drug-likeness (QED) is 0.0543. The van der Waals surface area contributed by atoms with Gasteiger partial charge < -0.3 is 20.7 Å². The Bertz CT molecular complexity index is 2500. The van der Waals surface area contributed by atoms with Crippen LogP contribution in [0.25, 0.3) is 11.1 Å². The van der Waals surface area contributed by atoms with Crippen LogP contribution in [0.4, 0.5) is 0 Å². The van der Waals surface area contributed by atoms with Crippen LogP contribution < -0.4 is 20.7 Å². The number of para-hydroxylation sites is 1. The van der Waals surface area contributed by atoms with Gasteiger partial charge in [0.15, 0.2) is 5.78 Å². The average Bonchev–Trinajstić information content (AvgIpc) is 3.73. The molecule has 0 unspecified atom stereocenters. The summed E-state index contributed by atoms with van der Waals surface area (Å²) in [6, 6.07) is 47.2. The highest BCUT2D eigenvalue weighted by atomic mass is 32.2. The van der Waals surface area contributed by atoms with Crippen LogP contribution in [0.3, 0.4) is 0 Å². The van der Waals surface area contributed by atoms with Gasteiger partial charge in [-0.2, -0.15) is 35.3 Å². The van der Waals surface area contributed by atoms with Crippen molar-refractivity contribution in [2.45, 2.75) is 63.7 Å². The Morgan fingerprint density at radius 2 is 0.925 bits per heavy atom. The predicted molar refractivity (Wildman–Crippen MR) is 284 cm³/mol. The van der Waals surface area contributed by atoms with Crippen LogP contribution in [0.15, 0.2) is 152 Å². The van der Waals surface area contributed by atoms with Crippen LogP contribution in [-0.2, 0) is 6.42 Å². The Morgan fingerprint density at radius 3 is 1.52 bits per heavy atom. The summed E-state index contributed by atoms with van der Waals surface area (Å²) in [6.45, 7) is 14.9. The summed E-state index contributed by atoms with van der Waals surface area (Å²) >= 11 is 5.51. The van der Waals surface area contributed by atoms with E-state index in [-0.39, 0.29) is 23.5 Å². The van der Waals surface area contributed by atoms with E-state index in [2.05, 4.69) is 87.8 Å². The number of nitrogens with one attached hydrogen (secondary N) is 3. The zero-order chi connectivity index (χ0) is 48.0. The SMILES string of the molecule is CC(C)SCCNC(=O)c1ccc(Oc2ccccc2)cc1.CC(C)SCCNC(=O)c1cccc(C(=O)c2ccccc2)c1.CC(C)SCCNC(=O)c1cccc2c1Cc1ccccc1-2. The molecule has 1 aliphatic carbocycles. The number of carbonyl (C=O) groups is 4. The topological polar surface area (TPSA) is 114 Å². The minimum Gasteiger partial charge on any atom is -0.457 e. The lowest BCUT2D eigenvalue weighted by Crippen LogP contribution is -2.27. The first-order valence-corrected chi connectivity index (χ1v) is 26.0. The highest BCUT2D eigenvalue weighted by Crippen LogP contribution is 2.38. The van der Waals surface area contributed by atoms with Crippen molar-refractivity contribution in [3.05, 3.63) is 191 Å². The fourth-order valence-electron chi connectivity index (χ4n) is 6.90. The minimum absolute atomic E-state index is 0.0457. The maximum absolute atomic E-state index is 12.5. The van der Waals surface area contributed by atoms with E-state index in [9.17, 15) is 19.2 Å². The molecule has 350 valence electrons. The maximum Gasteiger partial charge on any atom is 0.251 e. The molecule has 0 radical (unpaired) electrons. The molecule has 0 spiro atoms. The van der Waals surface area contributed by atoms with Gasteiger partial charge in [-0.05, 0) is 99.0 Å². The Balaban J connectivity index is 0.000000188. The van der Waals surface area contributed by atoms with Crippen LogP contribution in [0, 0.1) is 0 Å². The van der Waals surface area contributed by atoms with Crippen LogP contribution in [0.5, 0.6) is 11.5 Å². The summed E-state index contributed by atoms with van der Waals surface area (Å²) in [5.41, 5.74) is 8.09. The van der Waals surface area contributed by atoms with Gasteiger partial charge in [0.05, 0.1) is 0 Å². The first kappa shape index (κ1) is 52.2. The van der Waals surface area contributed by atoms with E-state index in [0.29, 0.717) is 51.1 Å². The summed E-state index contributed by atoms with van der Waals surface area (Å²) in [7, 11) is 0. The largest absolute Gasteiger partial charge is 0.457 e. The second kappa shape index (κ2) is 27.8. The monoisotopic (exact) mass is 953 g/mol. The second-order valence-electron chi connectivity index (χ2n) is 16.4. The average molecular weight is 954 g/mol. The summed E-state index contributed by atoms with van der Waals surface area (Å²) < 4.78 is 5.70. The molecule has 7 rings (SSSR count). The summed E-state index contributed by atoms with van der Waals surface area (Å²) in [5, 5.41) is 10.6. The zero-order valence-electron chi connectivity index (χ0n) is 39.4. The number of hydrogen-bond acceptors (Lipinski definition) is 8. The van der Waals surface area contributed by atoms with Gasteiger partial charge in [0.2, 0.25) is 0 Å². The Kier molecular flexibility index (Phi) is 21.7. The molecule has 3 amide bonds. The van der Waals surface area contributed by atoms with Crippen molar-refractivity contribution in [2.24, 2.45) is 0 Å². The van der Waals surface area contributed by atoms with E-state index in [0.717, 1.165) is 52.9 Å². The van der Waals surface area contributed by atoms with Crippen LogP contribution in [0.2, 0.25) is 0 Å². The van der Waals surface area contributed by atoms with Crippen LogP contribution in [-0.4, -0.2) is 76.1 Å². The van der Waals surface area contributed by atoms with E-state index < -0.39 is 0 Å². The van der Waals surface area contributed by atoms with Gasteiger partial charge >= 0.3 is 0 Å². The standard InChI is InChI=1S/C19H21NO2S.C19H21NOS.C18H21NO2S/c1-14(2)23-12-11-20-19(22)17-10-6-9-16(13-17)18(21)15-7-4-3-5-8-15;1-13(2)22-11-10-20-19(21)17-9-5-8-16-15-7-4-3-6-14(15)12-18(16)17;1-14(2)22-13-12-19-18(20)15-8-10-17(11-9-15)21-16-6-4-3-5-7-16/h3-10,13-14H,11-12H2,1-2H3,(H,20,22);3-9,13H,10-12H2,1-2H3,(H,20,21);3-11,14H,12-13H2,1-2H3,(H,19,20). The van der Waals surface area contributed by atoms with Crippen LogP contribution in [0.1, 0.15) is 99.7 Å². The van der Waals surface area contributed by atoms with Crippen molar-refractivity contribution in [3.63, 3.8) is 0 Å². The molecule has 6 aromatic carbocycles. The number of carbonyl (C=O) groups excluding carboxylic acids is 4. The van der Waals surface area contributed by atoms with E-state index >= 15 is 0 Å². The van der Waals surface area contributed by atoms with Gasteiger partial charge in [0.1, 0.15) is 11.5 Å². The number of amides is 3. The fourth-order valence-corrected chi connectivity index (χ4v) is 8.98. The third-order valence-corrected chi connectivity index (χ3v) is 13.4. The van der Waals surface area contributed by atoms with E-state index in [1.165, 1.54) is 16.7 Å².